The molecule has 0 aromatic heterocycles. The van der Waals surface area contributed by atoms with Crippen molar-refractivity contribution in [2.75, 3.05) is 10.7 Å². The quantitative estimate of drug-likeness (QED) is 0.477. The minimum Gasteiger partial charge on any atom is -0.296 e. The van der Waals surface area contributed by atoms with E-state index in [1.165, 1.54) is 19.3 Å². The van der Waals surface area contributed by atoms with E-state index in [4.69, 9.17) is 0 Å². The van der Waals surface area contributed by atoms with Gasteiger partial charge in [-0.3, -0.25) is 14.9 Å². The first kappa shape index (κ1) is 16.1. The molecule has 1 N–H and O–H groups in total. The number of nitrogens with one attached hydrogen (secondary N) is 1. The maximum atomic E-state index is 10.6. The molecule has 3 nitrogen and oxygen atoms in total. The number of carbonyl (C=O) groups excluding carboxylic acids is 2. The van der Waals surface area contributed by atoms with Crippen molar-refractivity contribution in [1.82, 2.24) is 5.32 Å². The molecule has 5 heteroatoms. The van der Waals surface area contributed by atoms with Crippen molar-refractivity contribution in [1.29, 1.82) is 0 Å². The van der Waals surface area contributed by atoms with Crippen molar-refractivity contribution in [3.8, 4) is 0 Å². The second-order valence-electron chi connectivity index (χ2n) is 3.62. The molecular formula is C11H19Br2NO2. The molecule has 0 spiro atoms. The number of halogens is 2. The van der Waals surface area contributed by atoms with Crippen molar-refractivity contribution in [2.24, 2.45) is 0 Å². The average Bonchev–Trinajstić information content (AvgIpc) is 2.44. The predicted molar refractivity (Wildman–Crippen MR) is 73.1 cm³/mol. The summed E-state index contributed by atoms with van der Waals surface area (Å²) in [6.45, 7) is 0. The highest BCUT2D eigenvalue weighted by Crippen LogP contribution is 2.03. The van der Waals surface area contributed by atoms with Crippen LogP contribution in [0.4, 0.5) is 0 Å². The van der Waals surface area contributed by atoms with Gasteiger partial charge in [-0.15, -0.1) is 0 Å². The molecule has 1 rings (SSSR count). The molecule has 0 aromatic rings. The number of carbonyl (C=O) groups is 2. The summed E-state index contributed by atoms with van der Waals surface area (Å²) in [6, 6.07) is 0. The standard InChI is InChI=1S/C6H9NO2.C5H10Br2/c8-5-3-1-2-4-6(9)7-5;6-4-2-1-3-5-7/h1-4H2,(H,7,8,9);1-5H2. The number of hydrogen-bond acceptors (Lipinski definition) is 2. The fourth-order valence-corrected chi connectivity index (χ4v) is 2.01. The molecule has 1 aliphatic heterocycles. The summed E-state index contributed by atoms with van der Waals surface area (Å²) in [4.78, 5) is 21.1. The molecule has 0 bridgehead atoms. The zero-order valence-electron chi connectivity index (χ0n) is 9.44. The van der Waals surface area contributed by atoms with Crippen LogP contribution in [-0.2, 0) is 9.59 Å². The fraction of sp³-hybridized carbons (Fsp3) is 0.818. The van der Waals surface area contributed by atoms with Crippen molar-refractivity contribution < 1.29 is 9.59 Å². The Kier molecular flexibility index (Phi) is 11.7. The van der Waals surface area contributed by atoms with Gasteiger partial charge in [0.25, 0.3) is 0 Å². The molecule has 0 radical (unpaired) electrons. The van der Waals surface area contributed by atoms with Crippen LogP contribution >= 0.6 is 31.9 Å². The first-order valence-corrected chi connectivity index (χ1v) is 7.89. The molecule has 1 aliphatic rings. The number of hydrogen-bond donors (Lipinski definition) is 1. The van der Waals surface area contributed by atoms with Crippen LogP contribution in [0, 0.1) is 0 Å². The third kappa shape index (κ3) is 10.6. The lowest BCUT2D eigenvalue weighted by molar-refractivity contribution is -0.129. The molecule has 0 unspecified atom stereocenters. The SMILES string of the molecule is BrCCCCCBr.O=C1CCCCC(=O)N1. The van der Waals surface area contributed by atoms with Gasteiger partial charge in [-0.25, -0.2) is 0 Å². The van der Waals surface area contributed by atoms with Crippen LogP contribution in [0.25, 0.3) is 0 Å². The van der Waals surface area contributed by atoms with Gasteiger partial charge in [0.2, 0.25) is 11.8 Å². The van der Waals surface area contributed by atoms with Gasteiger partial charge in [0, 0.05) is 23.5 Å². The molecule has 0 atom stereocenters. The number of rotatable bonds is 4. The van der Waals surface area contributed by atoms with E-state index in [0.717, 1.165) is 23.5 Å². The van der Waals surface area contributed by atoms with Gasteiger partial charge in [0.15, 0.2) is 0 Å². The van der Waals surface area contributed by atoms with Gasteiger partial charge >= 0.3 is 0 Å². The first-order valence-electron chi connectivity index (χ1n) is 5.65. The Hall–Kier alpha value is 0.100. The summed E-state index contributed by atoms with van der Waals surface area (Å²) in [7, 11) is 0. The number of unbranched alkanes of at least 4 members (excludes halogenated alkanes) is 2. The van der Waals surface area contributed by atoms with Gasteiger partial charge in [-0.05, 0) is 25.7 Å². The largest absolute Gasteiger partial charge is 0.296 e. The summed E-state index contributed by atoms with van der Waals surface area (Å²) in [6.07, 6.45) is 6.67. The molecule has 0 aliphatic carbocycles. The lowest BCUT2D eigenvalue weighted by Crippen LogP contribution is -2.27. The minimum absolute atomic E-state index is 0.127. The normalized spacial score (nSPS) is 15.9. The molecule has 1 fully saturated rings. The molecule has 94 valence electrons. The molecular weight excluding hydrogens is 338 g/mol. The van der Waals surface area contributed by atoms with E-state index in [1.807, 2.05) is 0 Å². The number of imide groups is 1. The summed E-state index contributed by atoms with van der Waals surface area (Å²) >= 11 is 6.73. The van der Waals surface area contributed by atoms with Crippen LogP contribution in [0.2, 0.25) is 0 Å². The first-order chi connectivity index (χ1) is 7.70. The van der Waals surface area contributed by atoms with Crippen molar-refractivity contribution in [3.05, 3.63) is 0 Å². The molecule has 1 saturated heterocycles. The second-order valence-corrected chi connectivity index (χ2v) is 5.20. The Morgan fingerprint density at radius 2 is 1.31 bits per heavy atom. The van der Waals surface area contributed by atoms with Crippen molar-refractivity contribution >= 4 is 43.7 Å². The van der Waals surface area contributed by atoms with E-state index < -0.39 is 0 Å². The van der Waals surface area contributed by atoms with E-state index in [-0.39, 0.29) is 11.8 Å². The number of alkyl halides is 2. The molecule has 0 saturated carbocycles. The zero-order valence-corrected chi connectivity index (χ0v) is 12.6. The Balaban J connectivity index is 0.000000293. The Morgan fingerprint density at radius 1 is 0.875 bits per heavy atom. The number of amides is 2. The topological polar surface area (TPSA) is 46.2 Å². The Bertz CT molecular complexity index is 190. The van der Waals surface area contributed by atoms with Crippen LogP contribution in [-0.4, -0.2) is 22.5 Å². The van der Waals surface area contributed by atoms with Gasteiger partial charge in [-0.1, -0.05) is 38.3 Å². The maximum Gasteiger partial charge on any atom is 0.226 e. The van der Waals surface area contributed by atoms with Crippen molar-refractivity contribution in [3.63, 3.8) is 0 Å². The molecule has 16 heavy (non-hydrogen) atoms. The van der Waals surface area contributed by atoms with Crippen LogP contribution in [0.5, 0.6) is 0 Å². The fourth-order valence-electron chi connectivity index (χ4n) is 1.22. The lowest BCUT2D eigenvalue weighted by Gasteiger charge is -1.93. The smallest absolute Gasteiger partial charge is 0.226 e. The van der Waals surface area contributed by atoms with E-state index >= 15 is 0 Å². The van der Waals surface area contributed by atoms with E-state index in [1.54, 1.807) is 0 Å². The average molecular weight is 357 g/mol. The summed E-state index contributed by atoms with van der Waals surface area (Å²) < 4.78 is 0. The third-order valence-corrected chi connectivity index (χ3v) is 3.23. The van der Waals surface area contributed by atoms with Crippen LogP contribution < -0.4 is 5.32 Å². The van der Waals surface area contributed by atoms with Crippen LogP contribution in [0.1, 0.15) is 44.9 Å². The van der Waals surface area contributed by atoms with Gasteiger partial charge in [0.05, 0.1) is 0 Å². The van der Waals surface area contributed by atoms with Gasteiger partial charge < -0.3 is 0 Å². The summed E-state index contributed by atoms with van der Waals surface area (Å²) in [5.74, 6) is -0.255. The van der Waals surface area contributed by atoms with Gasteiger partial charge in [-0.2, -0.15) is 0 Å². The molecule has 1 heterocycles. The lowest BCUT2D eigenvalue weighted by atomic mass is 10.2. The Labute approximate surface area is 114 Å². The summed E-state index contributed by atoms with van der Waals surface area (Å²) in [5, 5.41) is 4.57. The van der Waals surface area contributed by atoms with Gasteiger partial charge in [0.1, 0.15) is 0 Å². The third-order valence-electron chi connectivity index (χ3n) is 2.10. The zero-order chi connectivity index (χ0) is 12.2. The highest BCUT2D eigenvalue weighted by atomic mass is 79.9. The van der Waals surface area contributed by atoms with E-state index in [0.29, 0.717) is 12.8 Å². The monoisotopic (exact) mass is 355 g/mol. The van der Waals surface area contributed by atoms with Crippen LogP contribution in [0.15, 0.2) is 0 Å². The van der Waals surface area contributed by atoms with Crippen LogP contribution in [0.3, 0.4) is 0 Å². The maximum absolute atomic E-state index is 10.6. The second kappa shape index (κ2) is 11.6. The highest BCUT2D eigenvalue weighted by molar-refractivity contribution is 9.09. The van der Waals surface area contributed by atoms with E-state index in [2.05, 4.69) is 37.2 Å². The Morgan fingerprint density at radius 3 is 1.69 bits per heavy atom. The highest BCUT2D eigenvalue weighted by Gasteiger charge is 2.11. The molecule has 0 aromatic carbocycles. The van der Waals surface area contributed by atoms with E-state index in [9.17, 15) is 9.59 Å². The minimum atomic E-state index is -0.127. The van der Waals surface area contributed by atoms with Crippen molar-refractivity contribution in [2.45, 2.75) is 44.9 Å². The predicted octanol–water partition coefficient (Wildman–Crippen LogP) is 3.15. The summed E-state index contributed by atoms with van der Waals surface area (Å²) in [5.41, 5.74) is 0. The molecule has 2 amide bonds.